The van der Waals surface area contributed by atoms with Crippen LogP contribution < -0.4 is 29.6 Å². The van der Waals surface area contributed by atoms with E-state index in [0.29, 0.717) is 0 Å². The Kier molecular flexibility index (Phi) is 8510. The normalized spacial score (nSPS) is 1.38. The molecule has 0 saturated heterocycles. The fourth-order valence-electron chi connectivity index (χ4n) is 0. The average molecular weight is 271 g/mol. The van der Waals surface area contributed by atoms with E-state index in [9.17, 15) is 0 Å². The van der Waals surface area contributed by atoms with Crippen molar-refractivity contribution in [2.45, 2.75) is 0 Å². The fraction of sp³-hybridized carbons (Fsp3) is 0. The zero-order valence-electron chi connectivity index (χ0n) is 7.87. The monoisotopic (exact) mass is 271 g/mol. The number of nitrogens with zero attached hydrogens (tertiary/aromatic N) is 6. The summed E-state index contributed by atoms with van der Waals surface area (Å²) in [5.41, 5.74) is 0. The van der Waals surface area contributed by atoms with Crippen LogP contribution in [-0.2, 0) is 19.5 Å². The minimum absolute atomic E-state index is 0. The second-order valence-electron chi connectivity index (χ2n) is 0.100. The van der Waals surface area contributed by atoms with Crippen molar-refractivity contribution in [2.75, 3.05) is 0 Å². The molecule has 0 aliphatic rings. The van der Waals surface area contributed by atoms with Crippen molar-refractivity contribution in [1.82, 2.24) is 0 Å². The van der Waals surface area contributed by atoms with Crippen LogP contribution >= 0.6 is 0 Å². The van der Waals surface area contributed by atoms with Crippen LogP contribution in [0.25, 0.3) is 0 Å². The molecular weight excluding hydrogens is 270 g/mol. The van der Waals surface area contributed by atoms with E-state index < -0.39 is 0 Å². The number of nitriles is 1. The molecule has 0 atom stereocenters. The van der Waals surface area contributed by atoms with E-state index in [2.05, 4.69) is 15.7 Å². The number of aliphatic hydroxyl groups is 1. The van der Waals surface area contributed by atoms with E-state index in [4.69, 9.17) is 73.4 Å². The predicted octanol–water partition coefficient (Wildman–Crippen LogP) is -2.80. The van der Waals surface area contributed by atoms with E-state index in [0.717, 1.165) is 6.26 Å². The Hall–Kier alpha value is -1.95. The summed E-state index contributed by atoms with van der Waals surface area (Å²) in [5, 5.41) is 45.0. The standard InChI is InChI=1S/CHNO.5CN.Co.Na.O/c2-1-3;5*1-2;;;/h3H;;;;;;;;/q;5*-1;;+1;. The van der Waals surface area contributed by atoms with Crippen molar-refractivity contribution < 1.29 is 54.2 Å². The zero-order chi connectivity index (χ0) is 14.7. The topological polar surface area (TPSA) is 180 Å². The molecule has 0 aromatic heterocycles. The van der Waals surface area contributed by atoms with Gasteiger partial charge in [-0.05, 0) is 0 Å². The summed E-state index contributed by atoms with van der Waals surface area (Å²) in [6.45, 7) is 23.8. The molecule has 0 rings (SSSR count). The zero-order valence-corrected chi connectivity index (χ0v) is 10.9. The molecule has 8 nitrogen and oxygen atoms in total. The van der Waals surface area contributed by atoms with Gasteiger partial charge in [-0.1, -0.05) is 0 Å². The molecule has 0 aromatic carbocycles. The van der Waals surface area contributed by atoms with Crippen LogP contribution in [-0.4, -0.2) is 5.11 Å². The van der Waals surface area contributed by atoms with Gasteiger partial charge in [-0.25, -0.2) is 0 Å². The number of hydrogen-bond acceptors (Lipinski definition) is 8. The van der Waals surface area contributed by atoms with Gasteiger partial charge in [-0.2, -0.15) is 5.26 Å². The number of hydrogen-bond donors (Lipinski definition) is 1. The van der Waals surface area contributed by atoms with Crippen LogP contribution in [0.2, 0.25) is 0 Å². The molecule has 0 saturated carbocycles. The van der Waals surface area contributed by atoms with E-state index in [1.54, 1.807) is 0 Å². The van der Waals surface area contributed by atoms with Crippen molar-refractivity contribution >= 4 is 0 Å². The van der Waals surface area contributed by atoms with Gasteiger partial charge < -0.3 is 64.3 Å². The van der Waals surface area contributed by atoms with Crippen molar-refractivity contribution in [3.05, 3.63) is 32.9 Å². The van der Waals surface area contributed by atoms with Crippen molar-refractivity contribution in [3.63, 3.8) is 0 Å². The van der Waals surface area contributed by atoms with E-state index in [-0.39, 0.29) is 29.6 Å². The molecule has 0 heterocycles. The molecule has 0 radical (unpaired) electrons. The van der Waals surface area contributed by atoms with Crippen LogP contribution in [0.15, 0.2) is 0 Å². The molecule has 0 unspecified atom stereocenters. The molecule has 16 heavy (non-hydrogen) atoms. The molecule has 0 amide bonds. The quantitative estimate of drug-likeness (QED) is 0.278. The maximum atomic E-state index is 7.94. The summed E-state index contributed by atoms with van der Waals surface area (Å²) < 4.78 is 7.94. The van der Waals surface area contributed by atoms with Gasteiger partial charge in [-0.15, -0.1) is 0 Å². The summed E-state index contributed by atoms with van der Waals surface area (Å²) in [7, 11) is 0. The molecule has 1 N–H and O–H groups in total. The molecule has 10 heteroatoms. The van der Waals surface area contributed by atoms with Gasteiger partial charge in [0.25, 0.3) is 6.26 Å². The second kappa shape index (κ2) is 2080. The first-order valence-electron chi connectivity index (χ1n) is 1.70. The second-order valence-corrected chi connectivity index (χ2v) is 0.100. The average Bonchev–Trinajstić information content (AvgIpc) is 2.44. The molecule has 0 aliphatic carbocycles. The minimum atomic E-state index is 0. The molecular formula is C6HCoN6NaO2-4. The first-order valence-corrected chi connectivity index (χ1v) is 2.13. The Bertz CT molecular complexity index is 159. The van der Waals surface area contributed by atoms with E-state index in [1.807, 2.05) is 0 Å². The van der Waals surface area contributed by atoms with Gasteiger partial charge >= 0.3 is 49.1 Å². The Morgan fingerprint density at radius 1 is 0.750 bits per heavy atom. The first kappa shape index (κ1) is 65.4. The van der Waals surface area contributed by atoms with Crippen LogP contribution in [0.4, 0.5) is 0 Å². The van der Waals surface area contributed by atoms with Gasteiger partial charge in [0, 0.05) is 0 Å². The van der Waals surface area contributed by atoms with Gasteiger partial charge in [0.1, 0.15) is 0 Å². The molecule has 0 spiro atoms. The Labute approximate surface area is 124 Å². The maximum absolute atomic E-state index is 7.94. The third-order valence-corrected chi connectivity index (χ3v) is 0. The number of rotatable bonds is 0. The Morgan fingerprint density at radius 2 is 0.750 bits per heavy atom. The molecule has 0 fully saturated rings. The van der Waals surface area contributed by atoms with Crippen LogP contribution in [0, 0.1) is 70.7 Å². The van der Waals surface area contributed by atoms with Crippen molar-refractivity contribution in [2.24, 2.45) is 0 Å². The third-order valence-electron chi connectivity index (χ3n) is 0. The Morgan fingerprint density at radius 3 is 0.750 bits per heavy atom. The van der Waals surface area contributed by atoms with Gasteiger partial charge in [0.2, 0.25) is 0 Å². The van der Waals surface area contributed by atoms with Gasteiger partial charge in [-0.3, -0.25) is 0 Å². The Balaban J connectivity index is -0.00000000777. The van der Waals surface area contributed by atoms with E-state index >= 15 is 0 Å². The SMILES string of the molecule is N#CO.[C-]#N.[C-]#N.[C-]#N.[C-]#N.[C-]#N.[Na+].[O]=[Co]. The summed E-state index contributed by atoms with van der Waals surface area (Å²) >= 11 is 2.31. The van der Waals surface area contributed by atoms with Crippen LogP contribution in [0.3, 0.4) is 0 Å². The first-order chi connectivity index (χ1) is 7.41. The molecule has 0 aliphatic heterocycles. The summed E-state index contributed by atoms with van der Waals surface area (Å²) in [4.78, 5) is 0. The fourth-order valence-corrected chi connectivity index (χ4v) is 0. The van der Waals surface area contributed by atoms with Crippen molar-refractivity contribution in [3.8, 4) is 6.26 Å². The molecule has 0 bridgehead atoms. The summed E-state index contributed by atoms with van der Waals surface area (Å²) in [6, 6.07) is 0. The summed E-state index contributed by atoms with van der Waals surface area (Å²) in [5.74, 6) is 0. The predicted molar refractivity (Wildman–Crippen MR) is 33.1 cm³/mol. The van der Waals surface area contributed by atoms with Gasteiger partial charge in [0.15, 0.2) is 0 Å². The van der Waals surface area contributed by atoms with E-state index in [1.165, 1.54) is 0 Å². The summed E-state index contributed by atoms with van der Waals surface area (Å²) in [6.07, 6.45) is 0.750. The van der Waals surface area contributed by atoms with Crippen LogP contribution in [0.1, 0.15) is 0 Å². The molecule has 0 aromatic rings. The third kappa shape index (κ3) is 385. The number of aliphatic hydroxyl groups excluding tert-OH is 1. The van der Waals surface area contributed by atoms with Gasteiger partial charge in [0.05, 0.1) is 0 Å². The van der Waals surface area contributed by atoms with Crippen molar-refractivity contribution in [1.29, 1.82) is 31.6 Å². The van der Waals surface area contributed by atoms with Crippen LogP contribution in [0.5, 0.6) is 0 Å². The molecule has 81 valence electrons.